The van der Waals surface area contributed by atoms with Crippen LogP contribution in [0.25, 0.3) is 0 Å². The van der Waals surface area contributed by atoms with Gasteiger partial charge in [-0.2, -0.15) is 0 Å². The third-order valence-electron chi connectivity index (χ3n) is 8.96. The molecule has 0 amide bonds. The first-order chi connectivity index (χ1) is 15.1. The van der Waals surface area contributed by atoms with Gasteiger partial charge >= 0.3 is 0 Å². The Bertz CT molecular complexity index is 624. The van der Waals surface area contributed by atoms with E-state index in [0.29, 0.717) is 54.7 Å². The zero-order valence-corrected chi connectivity index (χ0v) is 27.7. The van der Waals surface area contributed by atoms with Gasteiger partial charge in [-0.1, -0.05) is 41.5 Å². The van der Waals surface area contributed by atoms with Gasteiger partial charge in [0.25, 0.3) is 5.95 Å². The molecule has 3 aliphatic carbocycles. The van der Waals surface area contributed by atoms with Crippen molar-refractivity contribution in [1.82, 2.24) is 0 Å². The van der Waals surface area contributed by atoms with Gasteiger partial charge in [-0.05, 0) is 61.3 Å². The van der Waals surface area contributed by atoms with Crippen molar-refractivity contribution in [2.24, 2.45) is 47.3 Å². The average Bonchev–Trinajstić information content (AvgIpc) is 3.25. The van der Waals surface area contributed by atoms with Gasteiger partial charge in [0, 0.05) is 65.6 Å². The van der Waals surface area contributed by atoms with Crippen molar-refractivity contribution in [3.8, 4) is 0 Å². The maximum absolute atomic E-state index is 10.4. The van der Waals surface area contributed by atoms with Gasteiger partial charge in [0.05, 0.1) is 31.5 Å². The third-order valence-corrected chi connectivity index (χ3v) is 8.96. The summed E-state index contributed by atoms with van der Waals surface area (Å²) in [5.41, 5.74) is 0. The first kappa shape index (κ1) is 33.0. The molecule has 1 radical (unpaired) electrons. The Morgan fingerprint density at radius 1 is 0.794 bits per heavy atom. The summed E-state index contributed by atoms with van der Waals surface area (Å²) in [6.45, 7) is 18.2. The first-order valence-electron chi connectivity index (χ1n) is 12.6. The number of rotatable bonds is 10. The Kier molecular flexibility index (Phi) is 14.4. The molecule has 34 heavy (non-hydrogen) atoms. The van der Waals surface area contributed by atoms with Crippen molar-refractivity contribution in [2.75, 3.05) is 20.0 Å². The van der Waals surface area contributed by atoms with Gasteiger partial charge in [-0.25, -0.2) is 0 Å². The van der Waals surface area contributed by atoms with E-state index < -0.39 is 6.10 Å². The number of ether oxygens (including phenoxy) is 4. The summed E-state index contributed by atoms with van der Waals surface area (Å²) in [5.74, 6) is 3.22. The van der Waals surface area contributed by atoms with E-state index >= 15 is 0 Å². The third kappa shape index (κ3) is 7.98. The molecule has 8 heteroatoms. The summed E-state index contributed by atoms with van der Waals surface area (Å²) in [6.07, 6.45) is 1.88. The van der Waals surface area contributed by atoms with Gasteiger partial charge in [-0.3, -0.25) is 0 Å². The molecule has 0 spiro atoms. The smallest absolute Gasteiger partial charge is 0.271 e. The molecule has 0 bridgehead atoms. The molecule has 6 nitrogen and oxygen atoms in total. The van der Waals surface area contributed by atoms with Gasteiger partial charge < -0.3 is 29.2 Å². The SMILES string of the molecule is C=C(OCC1CC(C)C(C)C1O)OC1C(COCOC2C(O)CC(C)C2C)CC(C)C1C.[W].[Y]. The van der Waals surface area contributed by atoms with E-state index in [-0.39, 0.29) is 90.7 Å². The van der Waals surface area contributed by atoms with E-state index in [9.17, 15) is 10.2 Å². The van der Waals surface area contributed by atoms with E-state index in [0.717, 1.165) is 19.3 Å². The van der Waals surface area contributed by atoms with Crippen LogP contribution >= 0.6 is 0 Å². The fourth-order valence-corrected chi connectivity index (χ4v) is 6.09. The van der Waals surface area contributed by atoms with E-state index in [1.807, 2.05) is 0 Å². The van der Waals surface area contributed by atoms with Crippen LogP contribution in [0.1, 0.15) is 60.8 Å². The van der Waals surface area contributed by atoms with Crippen LogP contribution in [-0.2, 0) is 72.7 Å². The fourth-order valence-electron chi connectivity index (χ4n) is 6.09. The summed E-state index contributed by atoms with van der Waals surface area (Å²) >= 11 is 0. The predicted molar refractivity (Wildman–Crippen MR) is 123 cm³/mol. The Hall–Kier alpha value is 0.972. The van der Waals surface area contributed by atoms with E-state index in [1.165, 1.54) is 0 Å². The van der Waals surface area contributed by atoms with Crippen LogP contribution in [0.5, 0.6) is 0 Å². The summed E-state index contributed by atoms with van der Waals surface area (Å²) in [4.78, 5) is 0. The van der Waals surface area contributed by atoms with Crippen LogP contribution in [0, 0.1) is 47.3 Å². The number of aliphatic hydroxyl groups excluding tert-OH is 2. The Morgan fingerprint density at radius 2 is 1.35 bits per heavy atom. The second kappa shape index (κ2) is 14.8. The molecule has 3 aliphatic rings. The van der Waals surface area contributed by atoms with Crippen LogP contribution in [0.3, 0.4) is 0 Å². The standard InChI is InChI=1S/C26H46O6.W.Y/c1-14-8-21(24(28)17(14)4)12-30-20(7)32-25-18(5)15(2)9-22(25)11-29-13-31-26-19(6)16(3)10-23(26)27;;/h14-19,21-28H,7-13H2,1-6H3;;. The summed E-state index contributed by atoms with van der Waals surface area (Å²) in [7, 11) is 0. The van der Waals surface area contributed by atoms with E-state index in [1.54, 1.807) is 0 Å². The van der Waals surface area contributed by atoms with E-state index in [4.69, 9.17) is 18.9 Å². The quantitative estimate of drug-likeness (QED) is 0.200. The predicted octanol–water partition coefficient (Wildman–Crippen LogP) is 4.20. The topological polar surface area (TPSA) is 77.4 Å². The van der Waals surface area contributed by atoms with E-state index in [2.05, 4.69) is 48.1 Å². The molecule has 0 aliphatic heterocycles. The molecule has 195 valence electrons. The second-order valence-corrected chi connectivity index (χ2v) is 11.2. The zero-order chi connectivity index (χ0) is 23.6. The molecule has 12 atom stereocenters. The van der Waals surface area contributed by atoms with Gasteiger partial charge in [0.2, 0.25) is 0 Å². The van der Waals surface area contributed by atoms with Crippen molar-refractivity contribution >= 4 is 0 Å². The average molecular weight is 727 g/mol. The van der Waals surface area contributed by atoms with Crippen LogP contribution < -0.4 is 0 Å². The summed E-state index contributed by atoms with van der Waals surface area (Å²) < 4.78 is 23.8. The molecule has 3 saturated carbocycles. The van der Waals surface area contributed by atoms with Crippen molar-refractivity contribution in [3.05, 3.63) is 12.5 Å². The molecule has 3 rings (SSSR count). The minimum absolute atomic E-state index is 0. The maximum Gasteiger partial charge on any atom is 0.271 e. The monoisotopic (exact) mass is 727 g/mol. The van der Waals surface area contributed by atoms with Crippen LogP contribution in [-0.4, -0.2) is 54.6 Å². The molecule has 0 aromatic heterocycles. The molecule has 2 N–H and O–H groups in total. The molecule has 3 fully saturated rings. The number of hydrogen-bond acceptors (Lipinski definition) is 6. The number of hydrogen-bond donors (Lipinski definition) is 2. The molecule has 0 aromatic carbocycles. The molecular weight excluding hydrogens is 681 g/mol. The normalized spacial score (nSPS) is 43.8. The minimum Gasteiger partial charge on any atom is -0.465 e. The molecule has 0 saturated heterocycles. The van der Waals surface area contributed by atoms with Crippen molar-refractivity contribution in [1.29, 1.82) is 0 Å². The van der Waals surface area contributed by atoms with Crippen molar-refractivity contribution in [3.63, 3.8) is 0 Å². The molecule has 0 aromatic rings. The maximum atomic E-state index is 10.4. The summed E-state index contributed by atoms with van der Waals surface area (Å²) in [5, 5.41) is 20.6. The fraction of sp³-hybridized carbons (Fsp3) is 0.923. The minimum atomic E-state index is -0.406. The second-order valence-electron chi connectivity index (χ2n) is 11.2. The van der Waals surface area contributed by atoms with Crippen LogP contribution in [0.15, 0.2) is 12.5 Å². The Balaban J connectivity index is 0.00000289. The van der Waals surface area contributed by atoms with Crippen molar-refractivity contribution in [2.45, 2.75) is 85.2 Å². The molecule has 12 unspecified atom stereocenters. The molecular formula is C26H46O6WY. The van der Waals surface area contributed by atoms with Crippen LogP contribution in [0.4, 0.5) is 0 Å². The van der Waals surface area contributed by atoms with Gasteiger partial charge in [0.15, 0.2) is 0 Å². The van der Waals surface area contributed by atoms with Crippen molar-refractivity contribution < 1.29 is 82.9 Å². The Labute approximate surface area is 246 Å². The Morgan fingerprint density at radius 3 is 1.91 bits per heavy atom. The van der Waals surface area contributed by atoms with Crippen LogP contribution in [0.2, 0.25) is 0 Å². The van der Waals surface area contributed by atoms with Gasteiger partial charge in [-0.15, -0.1) is 0 Å². The first-order valence-corrected chi connectivity index (χ1v) is 12.6. The zero-order valence-electron chi connectivity index (χ0n) is 21.9. The van der Waals surface area contributed by atoms with Gasteiger partial charge in [0.1, 0.15) is 12.9 Å². The largest absolute Gasteiger partial charge is 0.465 e. The number of aliphatic hydroxyl groups is 2. The molecule has 0 heterocycles. The summed E-state index contributed by atoms with van der Waals surface area (Å²) in [6, 6.07) is 0.